The van der Waals surface area contributed by atoms with Crippen LogP contribution in [0.5, 0.6) is 0 Å². The third-order valence-corrected chi connectivity index (χ3v) is 4.82. The molecule has 0 aromatic heterocycles. The van der Waals surface area contributed by atoms with Crippen molar-refractivity contribution in [2.75, 3.05) is 25.1 Å². The van der Waals surface area contributed by atoms with Gasteiger partial charge in [0, 0.05) is 0 Å². The Morgan fingerprint density at radius 3 is 2.62 bits per heavy atom. The normalized spacial score (nSPS) is 30.6. The fraction of sp³-hybridized carbons (Fsp3) is 1.00. The fourth-order valence-electron chi connectivity index (χ4n) is 3.02. The molecule has 1 saturated carbocycles. The van der Waals surface area contributed by atoms with Gasteiger partial charge in [0.15, 0.2) is 0 Å². The third-order valence-electron chi connectivity index (χ3n) is 4.18. The van der Waals surface area contributed by atoms with E-state index in [0.717, 1.165) is 24.3 Å². The second-order valence-electron chi connectivity index (χ2n) is 5.20. The van der Waals surface area contributed by atoms with Crippen LogP contribution in [0.25, 0.3) is 0 Å². The minimum atomic E-state index is 0.954. The van der Waals surface area contributed by atoms with E-state index in [0.29, 0.717) is 0 Å². The Balaban J connectivity index is 2.39. The topological polar surface area (TPSA) is 12.0 Å². The van der Waals surface area contributed by atoms with Gasteiger partial charge in [-0.2, -0.15) is 11.8 Å². The first-order chi connectivity index (χ1) is 7.81. The predicted molar refractivity (Wildman–Crippen MR) is 76.2 cm³/mol. The Kier molecular flexibility index (Phi) is 7.55. The average Bonchev–Trinajstić information content (AvgIpc) is 2.34. The summed E-state index contributed by atoms with van der Waals surface area (Å²) in [5.74, 6) is 4.31. The molecule has 0 amide bonds. The smallest absolute Gasteiger partial charge is 0.00180 e. The summed E-state index contributed by atoms with van der Waals surface area (Å²) >= 11 is 2.01. The van der Waals surface area contributed by atoms with Crippen LogP contribution in [-0.2, 0) is 0 Å². The summed E-state index contributed by atoms with van der Waals surface area (Å²) in [5.41, 5.74) is 0. The van der Waals surface area contributed by atoms with Crippen molar-refractivity contribution in [1.82, 2.24) is 5.32 Å². The molecule has 0 aliphatic heterocycles. The van der Waals surface area contributed by atoms with Crippen molar-refractivity contribution < 1.29 is 0 Å². The van der Waals surface area contributed by atoms with Crippen LogP contribution in [0.3, 0.4) is 0 Å². The van der Waals surface area contributed by atoms with E-state index in [2.05, 4.69) is 25.4 Å². The summed E-state index contributed by atoms with van der Waals surface area (Å²) in [5, 5.41) is 3.55. The first-order valence-electron chi connectivity index (χ1n) is 7.01. The molecule has 0 radical (unpaired) electrons. The zero-order valence-corrected chi connectivity index (χ0v) is 12.1. The molecule has 1 fully saturated rings. The van der Waals surface area contributed by atoms with E-state index < -0.39 is 0 Å². The maximum atomic E-state index is 3.55. The molecule has 1 aliphatic rings. The molecule has 1 nitrogen and oxygen atoms in total. The molecule has 2 heteroatoms. The summed E-state index contributed by atoms with van der Waals surface area (Å²) in [6.07, 6.45) is 9.50. The summed E-state index contributed by atoms with van der Waals surface area (Å²) < 4.78 is 0. The van der Waals surface area contributed by atoms with Gasteiger partial charge in [0.2, 0.25) is 0 Å². The van der Waals surface area contributed by atoms with Crippen molar-refractivity contribution in [3.63, 3.8) is 0 Å². The lowest BCUT2D eigenvalue weighted by molar-refractivity contribution is 0.169. The van der Waals surface area contributed by atoms with E-state index in [1.165, 1.54) is 44.4 Å². The number of hydrogen-bond donors (Lipinski definition) is 1. The monoisotopic (exact) mass is 243 g/mol. The maximum Gasteiger partial charge on any atom is -0.00180 e. The van der Waals surface area contributed by atoms with Crippen molar-refractivity contribution in [1.29, 1.82) is 0 Å². The van der Waals surface area contributed by atoms with Gasteiger partial charge in [-0.05, 0) is 62.1 Å². The Morgan fingerprint density at radius 2 is 2.00 bits per heavy atom. The molecule has 0 spiro atoms. The van der Waals surface area contributed by atoms with Crippen LogP contribution in [0.4, 0.5) is 0 Å². The molecule has 0 heterocycles. The first kappa shape index (κ1) is 14.4. The Hall–Kier alpha value is 0.310. The van der Waals surface area contributed by atoms with Crippen LogP contribution < -0.4 is 5.32 Å². The average molecular weight is 243 g/mol. The molecule has 0 bridgehead atoms. The number of hydrogen-bond acceptors (Lipinski definition) is 2. The Bertz CT molecular complexity index is 172. The van der Waals surface area contributed by atoms with Crippen LogP contribution in [0, 0.1) is 17.8 Å². The van der Waals surface area contributed by atoms with E-state index in [1.807, 2.05) is 11.8 Å². The molecule has 1 aliphatic carbocycles. The third kappa shape index (κ3) is 4.67. The first-order valence-corrected chi connectivity index (χ1v) is 8.40. The van der Waals surface area contributed by atoms with Gasteiger partial charge in [-0.3, -0.25) is 0 Å². The van der Waals surface area contributed by atoms with Crippen LogP contribution >= 0.6 is 11.8 Å². The quantitative estimate of drug-likeness (QED) is 0.730. The van der Waals surface area contributed by atoms with Crippen molar-refractivity contribution in [3.05, 3.63) is 0 Å². The van der Waals surface area contributed by atoms with Gasteiger partial charge >= 0.3 is 0 Å². The molecule has 0 aromatic rings. The maximum absolute atomic E-state index is 3.55. The van der Waals surface area contributed by atoms with E-state index >= 15 is 0 Å². The summed E-state index contributed by atoms with van der Waals surface area (Å²) in [6.45, 7) is 6.96. The molecular formula is C14H29NS. The number of rotatable bonds is 7. The molecule has 3 atom stereocenters. The predicted octanol–water partition coefficient (Wildman–Crippen LogP) is 3.79. The molecule has 1 rings (SSSR count). The van der Waals surface area contributed by atoms with Gasteiger partial charge in [-0.1, -0.05) is 26.7 Å². The highest BCUT2D eigenvalue weighted by Crippen LogP contribution is 2.37. The SMILES string of the molecule is CCNCC1CCC(CC)CC1CCSC. The lowest BCUT2D eigenvalue weighted by Crippen LogP contribution is -2.33. The minimum Gasteiger partial charge on any atom is -0.317 e. The van der Waals surface area contributed by atoms with Gasteiger partial charge in [0.1, 0.15) is 0 Å². The van der Waals surface area contributed by atoms with Crippen molar-refractivity contribution in [3.8, 4) is 0 Å². The van der Waals surface area contributed by atoms with Crippen LogP contribution in [0.15, 0.2) is 0 Å². The van der Waals surface area contributed by atoms with Crippen molar-refractivity contribution in [2.24, 2.45) is 17.8 Å². The largest absolute Gasteiger partial charge is 0.317 e. The lowest BCUT2D eigenvalue weighted by Gasteiger charge is -2.36. The summed E-state index contributed by atoms with van der Waals surface area (Å²) in [4.78, 5) is 0. The molecule has 0 saturated heterocycles. The van der Waals surface area contributed by atoms with Gasteiger partial charge in [0.25, 0.3) is 0 Å². The molecule has 1 N–H and O–H groups in total. The minimum absolute atomic E-state index is 0.954. The van der Waals surface area contributed by atoms with Gasteiger partial charge < -0.3 is 5.32 Å². The standard InChI is InChI=1S/C14H29NS/c1-4-12-6-7-14(11-15-5-2)13(10-12)8-9-16-3/h12-15H,4-11H2,1-3H3. The summed E-state index contributed by atoms with van der Waals surface area (Å²) in [6, 6.07) is 0. The number of thioether (sulfide) groups is 1. The van der Waals surface area contributed by atoms with Crippen molar-refractivity contribution in [2.45, 2.75) is 46.0 Å². The van der Waals surface area contributed by atoms with Gasteiger partial charge in [0.05, 0.1) is 0 Å². The van der Waals surface area contributed by atoms with Crippen molar-refractivity contribution >= 4 is 11.8 Å². The fourth-order valence-corrected chi connectivity index (χ4v) is 3.55. The zero-order chi connectivity index (χ0) is 11.8. The lowest BCUT2D eigenvalue weighted by atomic mass is 9.72. The molecule has 96 valence electrons. The second kappa shape index (κ2) is 8.41. The molecular weight excluding hydrogens is 214 g/mol. The molecule has 16 heavy (non-hydrogen) atoms. The van der Waals surface area contributed by atoms with E-state index in [1.54, 1.807) is 0 Å². The molecule has 0 aromatic carbocycles. The van der Waals surface area contributed by atoms with Crippen LogP contribution in [-0.4, -0.2) is 25.1 Å². The Labute approximate surface area is 106 Å². The van der Waals surface area contributed by atoms with Gasteiger partial charge in [-0.25, -0.2) is 0 Å². The highest BCUT2D eigenvalue weighted by atomic mass is 32.2. The van der Waals surface area contributed by atoms with Crippen LogP contribution in [0.2, 0.25) is 0 Å². The Morgan fingerprint density at radius 1 is 1.19 bits per heavy atom. The number of nitrogens with one attached hydrogen (secondary N) is 1. The van der Waals surface area contributed by atoms with Gasteiger partial charge in [-0.15, -0.1) is 0 Å². The van der Waals surface area contributed by atoms with Crippen LogP contribution in [0.1, 0.15) is 46.0 Å². The second-order valence-corrected chi connectivity index (χ2v) is 6.18. The zero-order valence-electron chi connectivity index (χ0n) is 11.3. The molecule has 3 unspecified atom stereocenters. The van der Waals surface area contributed by atoms with E-state index in [-0.39, 0.29) is 0 Å². The van der Waals surface area contributed by atoms with E-state index in [4.69, 9.17) is 0 Å². The summed E-state index contributed by atoms with van der Waals surface area (Å²) in [7, 11) is 0. The highest BCUT2D eigenvalue weighted by Gasteiger charge is 2.28. The van der Waals surface area contributed by atoms with E-state index in [9.17, 15) is 0 Å². The highest BCUT2D eigenvalue weighted by molar-refractivity contribution is 7.98.